The van der Waals surface area contributed by atoms with Gasteiger partial charge in [0.1, 0.15) is 5.75 Å². The van der Waals surface area contributed by atoms with Crippen molar-refractivity contribution in [2.24, 2.45) is 0 Å². The van der Waals surface area contributed by atoms with Crippen molar-refractivity contribution in [1.29, 1.82) is 0 Å². The van der Waals surface area contributed by atoms with E-state index >= 15 is 0 Å². The number of ether oxygens (including phenoxy) is 1. The van der Waals surface area contributed by atoms with Gasteiger partial charge >= 0.3 is 0 Å². The second kappa shape index (κ2) is 6.30. The zero-order valence-corrected chi connectivity index (χ0v) is 13.0. The molecule has 0 radical (unpaired) electrons. The van der Waals surface area contributed by atoms with Crippen molar-refractivity contribution >= 4 is 21.4 Å². The van der Waals surface area contributed by atoms with Crippen LogP contribution in [0.1, 0.15) is 20.3 Å². The minimum absolute atomic E-state index is 0.0635. The molecule has 0 saturated heterocycles. The molecule has 0 fully saturated rings. The molecule has 0 N–H and O–H groups in total. The van der Waals surface area contributed by atoms with Gasteiger partial charge < -0.3 is 9.64 Å². The van der Waals surface area contributed by atoms with Gasteiger partial charge in [-0.2, -0.15) is 0 Å². The zero-order valence-electron chi connectivity index (χ0n) is 12.2. The van der Waals surface area contributed by atoms with E-state index in [0.717, 1.165) is 5.75 Å². The highest BCUT2D eigenvalue weighted by Crippen LogP contribution is 2.25. The summed E-state index contributed by atoms with van der Waals surface area (Å²) in [6.07, 6.45) is 1.89. The van der Waals surface area contributed by atoms with Gasteiger partial charge in [-0.1, -0.05) is 6.92 Å². The molecular formula is C15H19NO4S. The molecule has 0 aromatic heterocycles. The first kappa shape index (κ1) is 15.6. The summed E-state index contributed by atoms with van der Waals surface area (Å²) < 4.78 is 28.5. The molecule has 1 aromatic rings. The predicted molar refractivity (Wildman–Crippen MR) is 82.1 cm³/mol. The van der Waals surface area contributed by atoms with E-state index in [2.05, 4.69) is 0 Å². The largest absolute Gasteiger partial charge is 0.494 e. The number of carbonyl (C=O) groups is 1. The highest BCUT2D eigenvalue weighted by molar-refractivity contribution is 7.94. The Morgan fingerprint density at radius 2 is 1.95 bits per heavy atom. The minimum atomic E-state index is -3.21. The highest BCUT2D eigenvalue weighted by Gasteiger charge is 2.30. The van der Waals surface area contributed by atoms with Gasteiger partial charge in [-0.15, -0.1) is 0 Å². The van der Waals surface area contributed by atoms with Gasteiger partial charge in [0.15, 0.2) is 9.84 Å². The number of amides is 1. The molecule has 1 aliphatic heterocycles. The van der Waals surface area contributed by atoms with Crippen LogP contribution in [0.2, 0.25) is 0 Å². The number of hydrogen-bond donors (Lipinski definition) is 0. The van der Waals surface area contributed by atoms with Gasteiger partial charge in [0.2, 0.25) is 5.91 Å². The number of hydrogen-bond acceptors (Lipinski definition) is 4. The van der Waals surface area contributed by atoms with Crippen molar-refractivity contribution < 1.29 is 17.9 Å². The quantitative estimate of drug-likeness (QED) is 0.836. The number of anilines is 1. The van der Waals surface area contributed by atoms with E-state index in [-0.39, 0.29) is 11.7 Å². The van der Waals surface area contributed by atoms with Crippen LogP contribution in [0, 0.1) is 0 Å². The van der Waals surface area contributed by atoms with Crippen molar-refractivity contribution in [1.82, 2.24) is 0 Å². The van der Waals surface area contributed by atoms with E-state index in [1.54, 1.807) is 37.3 Å². The van der Waals surface area contributed by atoms with Crippen molar-refractivity contribution in [3.05, 3.63) is 35.7 Å². The third-order valence-electron chi connectivity index (χ3n) is 3.24. The van der Waals surface area contributed by atoms with Crippen LogP contribution in [-0.2, 0) is 14.6 Å². The van der Waals surface area contributed by atoms with E-state index in [0.29, 0.717) is 18.7 Å². The Labute approximate surface area is 125 Å². The third-order valence-corrected chi connectivity index (χ3v) is 4.62. The van der Waals surface area contributed by atoms with Crippen LogP contribution in [0.3, 0.4) is 0 Å². The van der Waals surface area contributed by atoms with Gasteiger partial charge in [-0.3, -0.25) is 4.79 Å². The molecule has 21 heavy (non-hydrogen) atoms. The van der Waals surface area contributed by atoms with Crippen LogP contribution in [0.15, 0.2) is 35.7 Å². The monoisotopic (exact) mass is 309 g/mol. The predicted octanol–water partition coefficient (Wildman–Crippen LogP) is 2.14. The van der Waals surface area contributed by atoms with E-state index < -0.39 is 15.9 Å². The summed E-state index contributed by atoms with van der Waals surface area (Å²) in [5, 5.41) is 1.18. The summed E-state index contributed by atoms with van der Waals surface area (Å²) in [5.74, 6) is 0.553. The van der Waals surface area contributed by atoms with Crippen LogP contribution in [0.4, 0.5) is 5.69 Å². The fraction of sp³-hybridized carbons (Fsp3) is 0.400. The number of benzene rings is 1. The molecule has 1 aliphatic rings. The Hall–Kier alpha value is -1.82. The Morgan fingerprint density at radius 1 is 1.29 bits per heavy atom. The lowest BCUT2D eigenvalue weighted by Crippen LogP contribution is -2.40. The number of nitrogens with zero attached hydrogens (tertiary/aromatic N) is 1. The second-order valence-electron chi connectivity index (χ2n) is 4.77. The first-order valence-corrected chi connectivity index (χ1v) is 8.64. The minimum Gasteiger partial charge on any atom is -0.494 e. The SMILES string of the molecule is CCOc1ccc(N(C(=O)CC)[C@@H]2C=CS(=O)(=O)C2)cc1. The lowest BCUT2D eigenvalue weighted by molar-refractivity contribution is -0.118. The van der Waals surface area contributed by atoms with Crippen LogP contribution >= 0.6 is 0 Å². The summed E-state index contributed by atoms with van der Waals surface area (Å²) in [6, 6.07) is 6.67. The molecule has 2 rings (SSSR count). The molecule has 0 spiro atoms. The summed E-state index contributed by atoms with van der Waals surface area (Å²) in [4.78, 5) is 13.7. The zero-order chi connectivity index (χ0) is 15.5. The maximum atomic E-state index is 12.2. The molecule has 0 bridgehead atoms. The Kier molecular flexibility index (Phi) is 4.67. The van der Waals surface area contributed by atoms with Gasteiger partial charge in [-0.25, -0.2) is 8.42 Å². The molecule has 1 amide bonds. The van der Waals surface area contributed by atoms with Gasteiger partial charge in [0.05, 0.1) is 18.4 Å². The Bertz CT molecular complexity index is 634. The molecule has 6 heteroatoms. The topological polar surface area (TPSA) is 63.7 Å². The third kappa shape index (κ3) is 3.64. The molecule has 1 aromatic carbocycles. The lowest BCUT2D eigenvalue weighted by atomic mass is 10.2. The van der Waals surface area contributed by atoms with Gasteiger partial charge in [-0.05, 0) is 37.3 Å². The molecule has 0 unspecified atom stereocenters. The number of sulfone groups is 1. The van der Waals surface area contributed by atoms with Crippen molar-refractivity contribution in [3.63, 3.8) is 0 Å². The normalized spacial score (nSPS) is 19.4. The van der Waals surface area contributed by atoms with E-state index in [1.165, 1.54) is 10.3 Å². The molecule has 1 heterocycles. The standard InChI is InChI=1S/C15H19NO4S/c1-3-15(17)16(13-9-10-21(18,19)11-13)12-5-7-14(8-6-12)20-4-2/h5-10,13H,3-4,11H2,1-2H3/t13-/m1/s1. The summed E-state index contributed by atoms with van der Waals surface area (Å²) in [6.45, 7) is 4.23. The van der Waals surface area contributed by atoms with Crippen LogP contribution < -0.4 is 9.64 Å². The molecular weight excluding hydrogens is 290 g/mol. The van der Waals surface area contributed by atoms with Crippen LogP contribution in [0.5, 0.6) is 5.75 Å². The maximum absolute atomic E-state index is 12.2. The fourth-order valence-corrected chi connectivity index (χ4v) is 3.55. The number of rotatable bonds is 5. The number of carbonyl (C=O) groups excluding carboxylic acids is 1. The molecule has 0 aliphatic carbocycles. The molecule has 0 saturated carbocycles. The maximum Gasteiger partial charge on any atom is 0.227 e. The van der Waals surface area contributed by atoms with Crippen LogP contribution in [-0.4, -0.2) is 32.7 Å². The molecule has 114 valence electrons. The van der Waals surface area contributed by atoms with Gasteiger partial charge in [0, 0.05) is 17.5 Å². The summed E-state index contributed by atoms with van der Waals surface area (Å²) >= 11 is 0. The smallest absolute Gasteiger partial charge is 0.227 e. The first-order chi connectivity index (χ1) is 9.96. The first-order valence-electron chi connectivity index (χ1n) is 6.92. The van der Waals surface area contributed by atoms with Crippen molar-refractivity contribution in [3.8, 4) is 5.75 Å². The molecule has 1 atom stereocenters. The fourth-order valence-electron chi connectivity index (χ4n) is 2.28. The average Bonchev–Trinajstić information content (AvgIpc) is 2.81. The van der Waals surface area contributed by atoms with E-state index in [1.807, 2.05) is 6.92 Å². The molecule has 5 nitrogen and oxygen atoms in total. The second-order valence-corrected chi connectivity index (χ2v) is 6.70. The average molecular weight is 309 g/mol. The van der Waals surface area contributed by atoms with Crippen molar-refractivity contribution in [2.75, 3.05) is 17.3 Å². The van der Waals surface area contributed by atoms with E-state index in [9.17, 15) is 13.2 Å². The van der Waals surface area contributed by atoms with Crippen LogP contribution in [0.25, 0.3) is 0 Å². The van der Waals surface area contributed by atoms with Gasteiger partial charge in [0.25, 0.3) is 0 Å². The van der Waals surface area contributed by atoms with Crippen molar-refractivity contribution in [2.45, 2.75) is 26.3 Å². The highest BCUT2D eigenvalue weighted by atomic mass is 32.2. The summed E-state index contributed by atoms with van der Waals surface area (Å²) in [5.41, 5.74) is 0.678. The Morgan fingerprint density at radius 3 is 2.43 bits per heavy atom. The van der Waals surface area contributed by atoms with E-state index in [4.69, 9.17) is 4.74 Å². The Balaban J connectivity index is 2.28. The summed E-state index contributed by atoms with van der Waals surface area (Å²) in [7, 11) is -3.21. The lowest BCUT2D eigenvalue weighted by Gasteiger charge is -2.27.